The number of hydrogen-bond acceptors (Lipinski definition) is 2. The summed E-state index contributed by atoms with van der Waals surface area (Å²) in [6.45, 7) is 0.852. The van der Waals surface area contributed by atoms with Gasteiger partial charge in [0.25, 0.3) is 0 Å². The van der Waals surface area contributed by atoms with Gasteiger partial charge >= 0.3 is 0 Å². The van der Waals surface area contributed by atoms with Crippen LogP contribution < -0.4 is 10.2 Å². The van der Waals surface area contributed by atoms with Crippen molar-refractivity contribution in [2.24, 2.45) is 0 Å². The van der Waals surface area contributed by atoms with E-state index >= 15 is 0 Å². The van der Waals surface area contributed by atoms with Gasteiger partial charge in [0.2, 0.25) is 5.91 Å². The first-order chi connectivity index (χ1) is 6.72. The third-order valence-corrected chi connectivity index (χ3v) is 2.60. The van der Waals surface area contributed by atoms with Gasteiger partial charge in [0.1, 0.15) is 0 Å². The first-order valence-electron chi connectivity index (χ1n) is 4.75. The molecule has 0 fully saturated rings. The van der Waals surface area contributed by atoms with Crippen LogP contribution in [0.25, 0.3) is 0 Å². The molecule has 2 rings (SSSR count). The third-order valence-electron chi connectivity index (χ3n) is 2.60. The van der Waals surface area contributed by atoms with Crippen molar-refractivity contribution in [1.82, 2.24) is 5.32 Å². The van der Waals surface area contributed by atoms with Gasteiger partial charge in [-0.2, -0.15) is 0 Å². The van der Waals surface area contributed by atoms with E-state index in [1.807, 2.05) is 20.2 Å². The van der Waals surface area contributed by atoms with E-state index in [2.05, 4.69) is 17.4 Å². The van der Waals surface area contributed by atoms with Gasteiger partial charge in [0, 0.05) is 19.3 Å². The molecular weight excluding hydrogens is 176 g/mol. The Labute approximate surface area is 83.7 Å². The maximum absolute atomic E-state index is 11.4. The van der Waals surface area contributed by atoms with E-state index < -0.39 is 0 Å². The van der Waals surface area contributed by atoms with E-state index in [1.54, 1.807) is 4.90 Å². The number of carbonyl (C=O) groups is 1. The van der Waals surface area contributed by atoms with E-state index in [-0.39, 0.29) is 5.91 Å². The smallest absolute Gasteiger partial charge is 0.231 e. The molecule has 0 aromatic heterocycles. The summed E-state index contributed by atoms with van der Waals surface area (Å²) >= 11 is 0. The van der Waals surface area contributed by atoms with Crippen LogP contribution in [0.2, 0.25) is 0 Å². The molecule has 0 aliphatic carbocycles. The Balaban J connectivity index is 2.34. The van der Waals surface area contributed by atoms with Gasteiger partial charge in [-0.1, -0.05) is 12.1 Å². The molecule has 1 heterocycles. The van der Waals surface area contributed by atoms with Crippen molar-refractivity contribution in [3.8, 4) is 0 Å². The molecule has 0 spiro atoms. The molecule has 1 aromatic rings. The number of nitrogens with one attached hydrogen (secondary N) is 1. The highest BCUT2D eigenvalue weighted by atomic mass is 16.2. The molecule has 1 aromatic carbocycles. The van der Waals surface area contributed by atoms with E-state index in [0.29, 0.717) is 6.42 Å². The van der Waals surface area contributed by atoms with Gasteiger partial charge in [-0.15, -0.1) is 0 Å². The Hall–Kier alpha value is -1.35. The summed E-state index contributed by atoms with van der Waals surface area (Å²) in [6, 6.07) is 6.19. The molecule has 0 radical (unpaired) electrons. The molecule has 3 heteroatoms. The zero-order valence-electron chi connectivity index (χ0n) is 8.50. The van der Waals surface area contributed by atoms with Crippen LogP contribution in [0.3, 0.4) is 0 Å². The predicted octanol–water partition coefficient (Wildman–Crippen LogP) is 0.925. The maximum atomic E-state index is 11.4. The van der Waals surface area contributed by atoms with E-state index in [1.165, 1.54) is 5.56 Å². The average molecular weight is 190 g/mol. The van der Waals surface area contributed by atoms with Crippen molar-refractivity contribution in [3.63, 3.8) is 0 Å². The van der Waals surface area contributed by atoms with Crippen LogP contribution in [0.4, 0.5) is 5.69 Å². The largest absolute Gasteiger partial charge is 0.316 e. The van der Waals surface area contributed by atoms with Crippen molar-refractivity contribution in [2.75, 3.05) is 19.0 Å². The van der Waals surface area contributed by atoms with Crippen molar-refractivity contribution in [1.29, 1.82) is 0 Å². The fourth-order valence-corrected chi connectivity index (χ4v) is 1.84. The molecule has 0 unspecified atom stereocenters. The standard InChI is InChI=1S/C11H14N2O/c1-12-7-8-3-4-10-9(5-8)6-11(14)13(10)2/h3-5,12H,6-7H2,1-2H3. The molecule has 1 amide bonds. The number of likely N-dealkylation sites (N-methyl/N-ethyl adjacent to an activating group) is 1. The normalized spacial score (nSPS) is 14.7. The van der Waals surface area contributed by atoms with Gasteiger partial charge in [-0.05, 0) is 24.2 Å². The van der Waals surface area contributed by atoms with Crippen LogP contribution in [0, 0.1) is 0 Å². The molecular formula is C11H14N2O. The molecule has 0 atom stereocenters. The van der Waals surface area contributed by atoms with Crippen LogP contribution in [-0.2, 0) is 17.8 Å². The SMILES string of the molecule is CNCc1ccc2c(c1)CC(=O)N2C. The lowest BCUT2D eigenvalue weighted by molar-refractivity contribution is -0.117. The van der Waals surface area contributed by atoms with Crippen molar-refractivity contribution < 1.29 is 4.79 Å². The van der Waals surface area contributed by atoms with Crippen LogP contribution >= 0.6 is 0 Å². The van der Waals surface area contributed by atoms with Gasteiger partial charge in [-0.3, -0.25) is 4.79 Å². The number of rotatable bonds is 2. The van der Waals surface area contributed by atoms with E-state index in [9.17, 15) is 4.79 Å². The Kier molecular flexibility index (Phi) is 2.25. The van der Waals surface area contributed by atoms with Gasteiger partial charge in [-0.25, -0.2) is 0 Å². The highest BCUT2D eigenvalue weighted by Crippen LogP contribution is 2.28. The molecule has 1 N–H and O–H groups in total. The molecule has 1 aliphatic rings. The minimum absolute atomic E-state index is 0.182. The molecule has 0 saturated carbocycles. The molecule has 1 aliphatic heterocycles. The maximum Gasteiger partial charge on any atom is 0.231 e. The average Bonchev–Trinajstić information content (AvgIpc) is 2.43. The van der Waals surface area contributed by atoms with Crippen LogP contribution in [0.5, 0.6) is 0 Å². The fraction of sp³-hybridized carbons (Fsp3) is 0.364. The van der Waals surface area contributed by atoms with Crippen molar-refractivity contribution >= 4 is 11.6 Å². The van der Waals surface area contributed by atoms with Gasteiger partial charge in [0.05, 0.1) is 6.42 Å². The Morgan fingerprint density at radius 2 is 2.29 bits per heavy atom. The fourth-order valence-electron chi connectivity index (χ4n) is 1.84. The number of hydrogen-bond donors (Lipinski definition) is 1. The second-order valence-corrected chi connectivity index (χ2v) is 3.62. The Morgan fingerprint density at radius 1 is 1.50 bits per heavy atom. The molecule has 3 nitrogen and oxygen atoms in total. The highest BCUT2D eigenvalue weighted by molar-refractivity contribution is 6.00. The molecule has 0 bridgehead atoms. The molecule has 0 saturated heterocycles. The lowest BCUT2D eigenvalue weighted by Gasteiger charge is -2.10. The summed E-state index contributed by atoms with van der Waals surface area (Å²) in [6.07, 6.45) is 0.545. The van der Waals surface area contributed by atoms with Crippen molar-refractivity contribution in [3.05, 3.63) is 29.3 Å². The van der Waals surface area contributed by atoms with E-state index in [0.717, 1.165) is 17.8 Å². The predicted molar refractivity (Wildman–Crippen MR) is 56.3 cm³/mol. The summed E-state index contributed by atoms with van der Waals surface area (Å²) in [5, 5.41) is 3.10. The van der Waals surface area contributed by atoms with Crippen LogP contribution in [0.1, 0.15) is 11.1 Å². The number of benzene rings is 1. The summed E-state index contributed by atoms with van der Waals surface area (Å²) in [7, 11) is 3.75. The Morgan fingerprint density at radius 3 is 3.00 bits per heavy atom. The first-order valence-corrected chi connectivity index (χ1v) is 4.75. The second kappa shape index (κ2) is 3.42. The zero-order chi connectivity index (χ0) is 10.1. The third kappa shape index (κ3) is 1.40. The summed E-state index contributed by atoms with van der Waals surface area (Å²) < 4.78 is 0. The zero-order valence-corrected chi connectivity index (χ0v) is 8.50. The number of fused-ring (bicyclic) bond motifs is 1. The van der Waals surface area contributed by atoms with Crippen LogP contribution in [-0.4, -0.2) is 20.0 Å². The van der Waals surface area contributed by atoms with Gasteiger partial charge in [0.15, 0.2) is 0 Å². The minimum atomic E-state index is 0.182. The monoisotopic (exact) mass is 190 g/mol. The number of carbonyl (C=O) groups excluding carboxylic acids is 1. The Bertz CT molecular complexity index is 374. The number of anilines is 1. The topological polar surface area (TPSA) is 32.3 Å². The summed E-state index contributed by atoms with van der Waals surface area (Å²) in [5.74, 6) is 0.182. The first kappa shape index (κ1) is 9.21. The molecule has 74 valence electrons. The summed E-state index contributed by atoms with van der Waals surface area (Å²) in [4.78, 5) is 13.1. The number of amides is 1. The summed E-state index contributed by atoms with van der Waals surface area (Å²) in [5.41, 5.74) is 3.43. The van der Waals surface area contributed by atoms with Gasteiger partial charge < -0.3 is 10.2 Å². The van der Waals surface area contributed by atoms with E-state index in [4.69, 9.17) is 0 Å². The number of nitrogens with zero attached hydrogens (tertiary/aromatic N) is 1. The second-order valence-electron chi connectivity index (χ2n) is 3.62. The minimum Gasteiger partial charge on any atom is -0.316 e. The quantitative estimate of drug-likeness (QED) is 0.752. The lowest BCUT2D eigenvalue weighted by atomic mass is 10.1. The highest BCUT2D eigenvalue weighted by Gasteiger charge is 2.23. The molecule has 14 heavy (non-hydrogen) atoms. The van der Waals surface area contributed by atoms with Crippen LogP contribution in [0.15, 0.2) is 18.2 Å². The van der Waals surface area contributed by atoms with Crippen molar-refractivity contribution in [2.45, 2.75) is 13.0 Å². The lowest BCUT2D eigenvalue weighted by Crippen LogP contribution is -2.20.